The van der Waals surface area contributed by atoms with Crippen LogP contribution in [0.25, 0.3) is 5.57 Å². The minimum Gasteiger partial charge on any atom is -0.497 e. The normalized spacial score (nSPS) is 15.6. The number of nitriles is 1. The molecule has 1 N–H and O–H groups in total. The molecule has 1 aliphatic rings. The third-order valence-electron chi connectivity index (χ3n) is 4.42. The molecule has 0 bridgehead atoms. The van der Waals surface area contributed by atoms with Crippen LogP contribution in [-0.4, -0.2) is 12.8 Å². The minimum atomic E-state index is 0.545. The van der Waals surface area contributed by atoms with Gasteiger partial charge in [-0.1, -0.05) is 36.4 Å². The van der Waals surface area contributed by atoms with E-state index in [0.717, 1.165) is 34.0 Å². The predicted octanol–water partition coefficient (Wildman–Crippen LogP) is 5.18. The lowest BCUT2D eigenvalue weighted by atomic mass is 10.0. The number of para-hydroxylation sites is 2. The van der Waals surface area contributed by atoms with Crippen molar-refractivity contribution in [1.82, 2.24) is 0 Å². The number of methoxy groups -OCH3 is 1. The van der Waals surface area contributed by atoms with Crippen LogP contribution in [0.3, 0.4) is 0 Å². The number of nitrogens with one attached hydrogen (secondary N) is 1. The van der Waals surface area contributed by atoms with Crippen LogP contribution in [0.1, 0.15) is 11.1 Å². The number of rotatable bonds is 3. The summed E-state index contributed by atoms with van der Waals surface area (Å²) in [7, 11) is 1.62. The Bertz CT molecular complexity index is 1070. The standard InChI is InChI=1S/C23H17N3O/c1-27-18-13-11-16(12-14-18)20(15-24)23-22(25-17-7-3-2-4-8-17)19-9-5-6-10-21(19)26-23/h2-14,26H,1H3/b23-20-,25-22?. The fourth-order valence-corrected chi connectivity index (χ4v) is 3.08. The highest BCUT2D eigenvalue weighted by molar-refractivity contribution is 6.26. The summed E-state index contributed by atoms with van der Waals surface area (Å²) in [6.45, 7) is 0. The molecule has 4 heteroatoms. The van der Waals surface area contributed by atoms with Gasteiger partial charge in [0.1, 0.15) is 11.8 Å². The number of allylic oxidation sites excluding steroid dienone is 2. The van der Waals surface area contributed by atoms with Crippen LogP contribution in [0.2, 0.25) is 0 Å². The van der Waals surface area contributed by atoms with Gasteiger partial charge in [-0.3, -0.25) is 0 Å². The molecule has 0 atom stereocenters. The van der Waals surface area contributed by atoms with Gasteiger partial charge in [-0.2, -0.15) is 5.26 Å². The van der Waals surface area contributed by atoms with Crippen molar-refractivity contribution >= 4 is 22.7 Å². The lowest BCUT2D eigenvalue weighted by molar-refractivity contribution is 0.415. The number of hydrogen-bond donors (Lipinski definition) is 1. The molecular weight excluding hydrogens is 334 g/mol. The van der Waals surface area contributed by atoms with Gasteiger partial charge in [0, 0.05) is 11.3 Å². The van der Waals surface area contributed by atoms with Crippen LogP contribution >= 0.6 is 0 Å². The number of anilines is 1. The molecule has 3 aromatic rings. The van der Waals surface area contributed by atoms with Crippen LogP contribution in [-0.2, 0) is 0 Å². The Morgan fingerprint density at radius 3 is 2.33 bits per heavy atom. The zero-order valence-corrected chi connectivity index (χ0v) is 14.8. The van der Waals surface area contributed by atoms with E-state index in [-0.39, 0.29) is 0 Å². The van der Waals surface area contributed by atoms with Gasteiger partial charge in [-0.05, 0) is 48.0 Å². The summed E-state index contributed by atoms with van der Waals surface area (Å²) in [5, 5.41) is 13.3. The lowest BCUT2D eigenvalue weighted by Gasteiger charge is -2.08. The van der Waals surface area contributed by atoms with Crippen LogP contribution in [0.5, 0.6) is 5.75 Å². The maximum atomic E-state index is 9.90. The molecule has 1 aliphatic heterocycles. The van der Waals surface area contributed by atoms with Gasteiger partial charge < -0.3 is 10.1 Å². The number of nitrogens with zero attached hydrogens (tertiary/aromatic N) is 2. The molecule has 0 fully saturated rings. The first-order chi connectivity index (χ1) is 13.3. The highest BCUT2D eigenvalue weighted by Gasteiger charge is 2.26. The van der Waals surface area contributed by atoms with Crippen LogP contribution in [0, 0.1) is 11.3 Å². The van der Waals surface area contributed by atoms with E-state index >= 15 is 0 Å². The Hall–Kier alpha value is -3.84. The molecule has 3 aromatic carbocycles. The molecular formula is C23H17N3O. The Balaban J connectivity index is 1.90. The molecule has 0 amide bonds. The largest absolute Gasteiger partial charge is 0.497 e. The highest BCUT2D eigenvalue weighted by Crippen LogP contribution is 2.34. The number of hydrogen-bond acceptors (Lipinski definition) is 4. The van der Waals surface area contributed by atoms with Crippen LogP contribution < -0.4 is 10.1 Å². The van der Waals surface area contributed by atoms with E-state index in [1.165, 1.54) is 0 Å². The average molecular weight is 351 g/mol. The molecule has 0 spiro atoms. The summed E-state index contributed by atoms with van der Waals surface area (Å²) < 4.78 is 5.22. The van der Waals surface area contributed by atoms with Gasteiger partial charge in [-0.25, -0.2) is 4.99 Å². The van der Waals surface area contributed by atoms with Crippen molar-refractivity contribution in [3.05, 3.63) is 95.7 Å². The SMILES string of the molecule is COc1ccc(/C(C#N)=C2\Nc3ccccc3C2=Nc2ccccc2)cc1. The van der Waals surface area contributed by atoms with Crippen molar-refractivity contribution in [1.29, 1.82) is 5.26 Å². The van der Waals surface area contributed by atoms with E-state index in [0.29, 0.717) is 11.3 Å². The van der Waals surface area contributed by atoms with E-state index in [4.69, 9.17) is 9.73 Å². The zero-order chi connectivity index (χ0) is 18.6. The van der Waals surface area contributed by atoms with Crippen molar-refractivity contribution in [2.45, 2.75) is 0 Å². The van der Waals surface area contributed by atoms with E-state index in [9.17, 15) is 5.26 Å². The second kappa shape index (κ2) is 7.19. The second-order valence-electron chi connectivity index (χ2n) is 6.06. The van der Waals surface area contributed by atoms with E-state index in [2.05, 4.69) is 11.4 Å². The van der Waals surface area contributed by atoms with Crippen molar-refractivity contribution in [3.8, 4) is 11.8 Å². The third kappa shape index (κ3) is 3.19. The van der Waals surface area contributed by atoms with Gasteiger partial charge in [0.25, 0.3) is 0 Å². The predicted molar refractivity (Wildman–Crippen MR) is 108 cm³/mol. The van der Waals surface area contributed by atoms with Crippen molar-refractivity contribution in [3.63, 3.8) is 0 Å². The van der Waals surface area contributed by atoms with Crippen LogP contribution in [0.4, 0.5) is 11.4 Å². The van der Waals surface area contributed by atoms with Gasteiger partial charge in [0.15, 0.2) is 0 Å². The molecule has 0 aromatic heterocycles. The maximum Gasteiger partial charge on any atom is 0.118 e. The molecule has 0 saturated heterocycles. The molecule has 4 rings (SSSR count). The first-order valence-electron chi connectivity index (χ1n) is 8.59. The molecule has 0 aliphatic carbocycles. The Morgan fingerprint density at radius 2 is 1.63 bits per heavy atom. The molecule has 130 valence electrons. The van der Waals surface area contributed by atoms with E-state index < -0.39 is 0 Å². The van der Waals surface area contributed by atoms with Crippen molar-refractivity contribution in [2.75, 3.05) is 12.4 Å². The van der Waals surface area contributed by atoms with E-state index in [1.54, 1.807) is 7.11 Å². The first-order valence-corrected chi connectivity index (χ1v) is 8.59. The topological polar surface area (TPSA) is 57.4 Å². The molecule has 0 radical (unpaired) electrons. The zero-order valence-electron chi connectivity index (χ0n) is 14.8. The highest BCUT2D eigenvalue weighted by atomic mass is 16.5. The summed E-state index contributed by atoms with van der Waals surface area (Å²) >= 11 is 0. The first kappa shape index (κ1) is 16.6. The quantitative estimate of drug-likeness (QED) is 0.662. The summed E-state index contributed by atoms with van der Waals surface area (Å²) in [4.78, 5) is 4.83. The number of fused-ring (bicyclic) bond motifs is 1. The monoisotopic (exact) mass is 351 g/mol. The molecule has 0 saturated carbocycles. The van der Waals surface area contributed by atoms with Crippen molar-refractivity contribution in [2.24, 2.45) is 4.99 Å². The summed E-state index contributed by atoms with van der Waals surface area (Å²) in [6.07, 6.45) is 0. The lowest BCUT2D eigenvalue weighted by Crippen LogP contribution is -2.05. The Morgan fingerprint density at radius 1 is 0.926 bits per heavy atom. The van der Waals surface area contributed by atoms with E-state index in [1.807, 2.05) is 78.9 Å². The number of aliphatic imine (C=N–C) groups is 1. The van der Waals surface area contributed by atoms with Crippen LogP contribution in [0.15, 0.2) is 89.6 Å². The fourth-order valence-electron chi connectivity index (χ4n) is 3.08. The summed E-state index contributed by atoms with van der Waals surface area (Å²) in [5.41, 5.74) is 5.62. The van der Waals surface area contributed by atoms with Gasteiger partial charge >= 0.3 is 0 Å². The fraction of sp³-hybridized carbons (Fsp3) is 0.0435. The molecule has 4 nitrogen and oxygen atoms in total. The van der Waals surface area contributed by atoms with Gasteiger partial charge in [-0.15, -0.1) is 0 Å². The minimum absolute atomic E-state index is 0.545. The van der Waals surface area contributed by atoms with Gasteiger partial charge in [0.05, 0.1) is 29.8 Å². The Kier molecular flexibility index (Phi) is 4.42. The average Bonchev–Trinajstić information content (AvgIpc) is 3.08. The maximum absolute atomic E-state index is 9.90. The molecule has 1 heterocycles. The number of benzene rings is 3. The Labute approximate surface area is 158 Å². The third-order valence-corrected chi connectivity index (χ3v) is 4.42. The second-order valence-corrected chi connectivity index (χ2v) is 6.06. The van der Waals surface area contributed by atoms with Gasteiger partial charge in [0.2, 0.25) is 0 Å². The molecule has 0 unspecified atom stereocenters. The smallest absolute Gasteiger partial charge is 0.118 e. The number of ether oxygens (including phenoxy) is 1. The molecule has 27 heavy (non-hydrogen) atoms. The summed E-state index contributed by atoms with van der Waals surface area (Å²) in [5.74, 6) is 0.752. The van der Waals surface area contributed by atoms with Crippen molar-refractivity contribution < 1.29 is 4.74 Å². The summed E-state index contributed by atoms with van der Waals surface area (Å²) in [6, 6.07) is 27.5.